The van der Waals surface area contributed by atoms with E-state index in [1.165, 1.54) is 24.1 Å². The summed E-state index contributed by atoms with van der Waals surface area (Å²) in [6.07, 6.45) is 3.90. The molecule has 1 aliphatic rings. The number of aromatic nitrogens is 1. The zero-order valence-electron chi connectivity index (χ0n) is 10.5. The molecule has 3 rings (SSSR count). The van der Waals surface area contributed by atoms with Crippen molar-refractivity contribution in [1.29, 1.82) is 0 Å². The fraction of sp³-hybridized carbons (Fsp3) is 0.500. The van der Waals surface area contributed by atoms with Crippen LogP contribution in [0.1, 0.15) is 36.7 Å². The van der Waals surface area contributed by atoms with Gasteiger partial charge in [0.15, 0.2) is 0 Å². The van der Waals surface area contributed by atoms with Gasteiger partial charge in [0.05, 0.1) is 6.61 Å². The SMILES string of the molecule is CCOC(=O)c1cc2ccsc2n1CC1CCC1. The molecule has 2 aromatic rings. The zero-order valence-corrected chi connectivity index (χ0v) is 11.3. The number of hydrogen-bond donors (Lipinski definition) is 0. The summed E-state index contributed by atoms with van der Waals surface area (Å²) >= 11 is 1.70. The van der Waals surface area contributed by atoms with Crippen molar-refractivity contribution < 1.29 is 9.53 Å². The van der Waals surface area contributed by atoms with E-state index in [0.717, 1.165) is 17.8 Å². The van der Waals surface area contributed by atoms with E-state index in [1.54, 1.807) is 11.3 Å². The lowest BCUT2D eigenvalue weighted by Crippen LogP contribution is -2.21. The quantitative estimate of drug-likeness (QED) is 0.788. The van der Waals surface area contributed by atoms with Crippen LogP contribution in [0.15, 0.2) is 17.5 Å². The van der Waals surface area contributed by atoms with Gasteiger partial charge in [-0.3, -0.25) is 0 Å². The Bertz CT molecular complexity index is 565. The molecule has 2 heterocycles. The topological polar surface area (TPSA) is 31.2 Å². The van der Waals surface area contributed by atoms with Gasteiger partial charge < -0.3 is 9.30 Å². The number of fused-ring (bicyclic) bond motifs is 1. The minimum atomic E-state index is -0.194. The molecule has 18 heavy (non-hydrogen) atoms. The largest absolute Gasteiger partial charge is 0.461 e. The highest BCUT2D eigenvalue weighted by molar-refractivity contribution is 7.16. The summed E-state index contributed by atoms with van der Waals surface area (Å²) in [5, 5.41) is 3.24. The predicted molar refractivity (Wildman–Crippen MR) is 73.1 cm³/mol. The van der Waals surface area contributed by atoms with Crippen molar-refractivity contribution in [3.63, 3.8) is 0 Å². The molecule has 0 atom stereocenters. The molecule has 1 saturated carbocycles. The van der Waals surface area contributed by atoms with Crippen molar-refractivity contribution in [2.45, 2.75) is 32.7 Å². The van der Waals surface area contributed by atoms with Gasteiger partial charge in [-0.1, -0.05) is 6.42 Å². The van der Waals surface area contributed by atoms with Gasteiger partial charge in [0.2, 0.25) is 0 Å². The van der Waals surface area contributed by atoms with E-state index in [9.17, 15) is 4.79 Å². The molecule has 96 valence electrons. The van der Waals surface area contributed by atoms with Gasteiger partial charge in [-0.2, -0.15) is 0 Å². The Hall–Kier alpha value is -1.29. The normalized spacial score (nSPS) is 15.8. The summed E-state index contributed by atoms with van der Waals surface area (Å²) in [4.78, 5) is 13.2. The monoisotopic (exact) mass is 263 g/mol. The Morgan fingerprint density at radius 2 is 2.39 bits per heavy atom. The van der Waals surface area contributed by atoms with Crippen LogP contribution in [0.5, 0.6) is 0 Å². The first-order valence-corrected chi connectivity index (χ1v) is 7.41. The number of carbonyl (C=O) groups excluding carboxylic acids is 1. The first kappa shape index (κ1) is 11.8. The molecule has 2 aromatic heterocycles. The lowest BCUT2D eigenvalue weighted by atomic mass is 9.85. The summed E-state index contributed by atoms with van der Waals surface area (Å²) in [6, 6.07) is 4.03. The van der Waals surface area contributed by atoms with Crippen molar-refractivity contribution in [1.82, 2.24) is 4.57 Å². The van der Waals surface area contributed by atoms with Crippen LogP contribution < -0.4 is 0 Å². The highest BCUT2D eigenvalue weighted by Gasteiger charge is 2.23. The van der Waals surface area contributed by atoms with Crippen molar-refractivity contribution in [3.8, 4) is 0 Å². The molecule has 4 heteroatoms. The lowest BCUT2D eigenvalue weighted by Gasteiger charge is -2.26. The van der Waals surface area contributed by atoms with Gasteiger partial charge in [0, 0.05) is 11.9 Å². The Labute approximate surface area is 110 Å². The van der Waals surface area contributed by atoms with Crippen LogP contribution in [0, 0.1) is 5.92 Å². The van der Waals surface area contributed by atoms with Gasteiger partial charge >= 0.3 is 5.97 Å². The maximum absolute atomic E-state index is 12.0. The average molecular weight is 263 g/mol. The molecule has 0 amide bonds. The van der Waals surface area contributed by atoms with E-state index in [2.05, 4.69) is 16.0 Å². The molecule has 0 aromatic carbocycles. The highest BCUT2D eigenvalue weighted by Crippen LogP contribution is 2.32. The maximum atomic E-state index is 12.0. The number of nitrogens with zero attached hydrogens (tertiary/aromatic N) is 1. The number of thiophene rings is 1. The molecule has 1 fully saturated rings. The van der Waals surface area contributed by atoms with Crippen LogP contribution in [-0.4, -0.2) is 17.1 Å². The van der Waals surface area contributed by atoms with E-state index in [0.29, 0.717) is 12.3 Å². The molecule has 1 aliphatic carbocycles. The summed E-state index contributed by atoms with van der Waals surface area (Å²) < 4.78 is 7.30. The van der Waals surface area contributed by atoms with E-state index in [4.69, 9.17) is 4.74 Å². The number of esters is 1. The number of rotatable bonds is 4. The van der Waals surface area contributed by atoms with Crippen molar-refractivity contribution in [2.75, 3.05) is 6.61 Å². The van der Waals surface area contributed by atoms with Gasteiger partial charge in [-0.15, -0.1) is 11.3 Å². The van der Waals surface area contributed by atoms with Gasteiger partial charge in [0.25, 0.3) is 0 Å². The number of ether oxygens (including phenoxy) is 1. The third-order valence-corrected chi connectivity index (χ3v) is 4.60. The van der Waals surface area contributed by atoms with Crippen LogP contribution in [0.2, 0.25) is 0 Å². The summed E-state index contributed by atoms with van der Waals surface area (Å²) in [7, 11) is 0. The zero-order chi connectivity index (χ0) is 12.5. The second-order valence-corrected chi connectivity index (χ2v) is 5.73. The maximum Gasteiger partial charge on any atom is 0.354 e. The third-order valence-electron chi connectivity index (χ3n) is 3.65. The lowest BCUT2D eigenvalue weighted by molar-refractivity contribution is 0.0512. The summed E-state index contributed by atoms with van der Waals surface area (Å²) in [5.41, 5.74) is 0.714. The first-order valence-electron chi connectivity index (χ1n) is 6.53. The van der Waals surface area contributed by atoms with Gasteiger partial charge in [-0.05, 0) is 43.2 Å². The van der Waals surface area contributed by atoms with Crippen LogP contribution in [0.25, 0.3) is 10.2 Å². The van der Waals surface area contributed by atoms with Crippen molar-refractivity contribution >= 4 is 27.5 Å². The summed E-state index contributed by atoms with van der Waals surface area (Å²) in [6.45, 7) is 3.23. The van der Waals surface area contributed by atoms with E-state index in [-0.39, 0.29) is 5.97 Å². The standard InChI is InChI=1S/C14H17NO2S/c1-2-17-14(16)12-8-11-6-7-18-13(11)15(12)9-10-4-3-5-10/h6-8,10H,2-5,9H2,1H3. The van der Waals surface area contributed by atoms with E-state index < -0.39 is 0 Å². The Morgan fingerprint density at radius 3 is 3.06 bits per heavy atom. The predicted octanol–water partition coefficient (Wildman–Crippen LogP) is 3.68. The van der Waals surface area contributed by atoms with Crippen molar-refractivity contribution in [3.05, 3.63) is 23.2 Å². The molecule has 3 nitrogen and oxygen atoms in total. The van der Waals surface area contributed by atoms with Crippen molar-refractivity contribution in [2.24, 2.45) is 5.92 Å². The smallest absolute Gasteiger partial charge is 0.354 e. The molecule has 0 N–H and O–H groups in total. The molecule has 0 aliphatic heterocycles. The van der Waals surface area contributed by atoms with Gasteiger partial charge in [0.1, 0.15) is 10.5 Å². The Balaban J connectivity index is 1.97. The molecular weight excluding hydrogens is 246 g/mol. The van der Waals surface area contributed by atoms with Crippen LogP contribution >= 0.6 is 11.3 Å². The molecular formula is C14H17NO2S. The molecule has 0 radical (unpaired) electrons. The van der Waals surface area contributed by atoms with Crippen LogP contribution in [-0.2, 0) is 11.3 Å². The van der Waals surface area contributed by atoms with E-state index in [1.807, 2.05) is 13.0 Å². The Kier molecular flexibility index (Phi) is 3.12. The number of hydrogen-bond acceptors (Lipinski definition) is 3. The fourth-order valence-corrected chi connectivity index (χ4v) is 3.37. The fourth-order valence-electron chi connectivity index (χ4n) is 2.46. The second-order valence-electron chi connectivity index (χ2n) is 4.84. The average Bonchev–Trinajstić information content (AvgIpc) is 2.84. The first-order chi connectivity index (χ1) is 8.79. The Morgan fingerprint density at radius 1 is 1.56 bits per heavy atom. The molecule has 0 unspecified atom stereocenters. The minimum absolute atomic E-state index is 0.194. The summed E-state index contributed by atoms with van der Waals surface area (Å²) in [5.74, 6) is 0.538. The van der Waals surface area contributed by atoms with Gasteiger partial charge in [-0.25, -0.2) is 4.79 Å². The molecule has 0 saturated heterocycles. The highest BCUT2D eigenvalue weighted by atomic mass is 32.1. The third kappa shape index (κ3) is 1.94. The number of carbonyl (C=O) groups is 1. The van der Waals surface area contributed by atoms with Crippen LogP contribution in [0.3, 0.4) is 0 Å². The molecule has 0 bridgehead atoms. The van der Waals surface area contributed by atoms with E-state index >= 15 is 0 Å². The minimum Gasteiger partial charge on any atom is -0.461 e. The van der Waals surface area contributed by atoms with Crippen LogP contribution in [0.4, 0.5) is 0 Å². The second kappa shape index (κ2) is 4.76. The molecule has 0 spiro atoms.